The molecule has 3 aliphatic carbocycles. The fourth-order valence-corrected chi connectivity index (χ4v) is 6.94. The summed E-state index contributed by atoms with van der Waals surface area (Å²) >= 11 is 1.55. The Labute approximate surface area is 272 Å². The first-order chi connectivity index (χ1) is 22.5. The molecule has 2 aromatic heterocycles. The van der Waals surface area contributed by atoms with Crippen molar-refractivity contribution in [2.24, 2.45) is 11.7 Å². The van der Waals surface area contributed by atoms with Crippen LogP contribution >= 0.6 is 11.3 Å². The number of primary amides is 1. The smallest absolute Gasteiger partial charge is 0.251 e. The average Bonchev–Trinajstić information content (AvgIpc) is 3.87. The van der Waals surface area contributed by atoms with Crippen molar-refractivity contribution in [3.8, 4) is 22.8 Å². The maximum Gasteiger partial charge on any atom is 0.251 e. The first kappa shape index (κ1) is 31.4. The number of halogens is 3. The van der Waals surface area contributed by atoms with Gasteiger partial charge >= 0.3 is 0 Å². The summed E-state index contributed by atoms with van der Waals surface area (Å²) in [5.41, 5.74) is 4.37. The van der Waals surface area contributed by atoms with Gasteiger partial charge in [-0.15, -0.1) is 11.3 Å². The molecule has 13 heteroatoms. The largest absolute Gasteiger partial charge is 0.491 e. The number of ether oxygens (including phenoxy) is 2. The highest BCUT2D eigenvalue weighted by atomic mass is 32.1. The molecule has 4 aromatic rings. The molecule has 0 saturated heterocycles. The Morgan fingerprint density at radius 3 is 2.43 bits per heavy atom. The number of benzene rings is 2. The number of hydrogen-bond donors (Lipinski definition) is 3. The van der Waals surface area contributed by atoms with Gasteiger partial charge in [0, 0.05) is 28.7 Å². The lowest BCUT2D eigenvalue weighted by atomic mass is 9.90. The predicted octanol–water partition coefficient (Wildman–Crippen LogP) is 5.65. The predicted molar refractivity (Wildman–Crippen MR) is 168 cm³/mol. The van der Waals surface area contributed by atoms with E-state index in [0.717, 1.165) is 40.9 Å². The first-order valence-corrected chi connectivity index (χ1v) is 16.6. The molecule has 1 atom stereocenters. The summed E-state index contributed by atoms with van der Waals surface area (Å²) in [5, 5.41) is 16.0. The van der Waals surface area contributed by atoms with Crippen molar-refractivity contribution in [3.05, 3.63) is 69.6 Å². The van der Waals surface area contributed by atoms with E-state index in [9.17, 15) is 23.5 Å². The number of aromatic nitrogens is 2. The number of carbonyl (C=O) groups is 2. The van der Waals surface area contributed by atoms with Crippen molar-refractivity contribution in [1.82, 2.24) is 15.3 Å². The van der Waals surface area contributed by atoms with Crippen LogP contribution in [0.4, 0.5) is 13.2 Å². The average molecular weight is 667 g/mol. The zero-order valence-electron chi connectivity index (χ0n) is 25.6. The van der Waals surface area contributed by atoms with Crippen molar-refractivity contribution < 1.29 is 37.3 Å². The quantitative estimate of drug-likeness (QED) is 0.157. The molecule has 4 N–H and O–H groups in total. The first-order valence-electron chi connectivity index (χ1n) is 15.8. The molecule has 0 spiro atoms. The number of nitrogens with two attached hydrogens (primary N) is 1. The minimum Gasteiger partial charge on any atom is -0.491 e. The number of pyridine rings is 1. The van der Waals surface area contributed by atoms with Gasteiger partial charge in [0.25, 0.3) is 5.91 Å². The van der Waals surface area contributed by atoms with Crippen molar-refractivity contribution in [3.63, 3.8) is 0 Å². The lowest BCUT2D eigenvalue weighted by Crippen LogP contribution is -2.43. The molecule has 3 aliphatic rings. The van der Waals surface area contributed by atoms with Crippen LogP contribution in [0.5, 0.6) is 11.5 Å². The number of nitrogens with one attached hydrogen (secondary N) is 1. The minimum atomic E-state index is -1.77. The van der Waals surface area contributed by atoms with Crippen LogP contribution in [0.25, 0.3) is 21.5 Å². The van der Waals surface area contributed by atoms with Gasteiger partial charge in [-0.25, -0.2) is 23.1 Å². The Bertz CT molecular complexity index is 1910. The lowest BCUT2D eigenvalue weighted by molar-refractivity contribution is -0.117. The molecule has 2 amide bonds. The van der Waals surface area contributed by atoms with Crippen LogP contribution in [0.1, 0.15) is 78.0 Å². The number of amides is 2. The van der Waals surface area contributed by atoms with Gasteiger partial charge in [-0.2, -0.15) is 0 Å². The second-order valence-electron chi connectivity index (χ2n) is 12.5. The monoisotopic (exact) mass is 666 g/mol. The third-order valence-electron chi connectivity index (χ3n) is 8.67. The highest BCUT2D eigenvalue weighted by Crippen LogP contribution is 2.48. The normalized spacial score (nSPS) is 17.4. The molecule has 246 valence electrons. The highest BCUT2D eigenvalue weighted by Gasteiger charge is 2.47. The van der Waals surface area contributed by atoms with Gasteiger partial charge in [0.15, 0.2) is 11.6 Å². The maximum atomic E-state index is 15.1. The third-order valence-corrected chi connectivity index (χ3v) is 9.83. The van der Waals surface area contributed by atoms with E-state index in [2.05, 4.69) is 10.3 Å². The molecule has 2 aromatic carbocycles. The third kappa shape index (κ3) is 6.38. The van der Waals surface area contributed by atoms with Crippen LogP contribution in [-0.2, 0) is 16.8 Å². The summed E-state index contributed by atoms with van der Waals surface area (Å²) in [6.07, 6.45) is 5.02. The molecule has 3 saturated carbocycles. The molecular weight excluding hydrogens is 633 g/mol. The van der Waals surface area contributed by atoms with E-state index in [-0.39, 0.29) is 54.3 Å². The van der Waals surface area contributed by atoms with Crippen LogP contribution in [0, 0.1) is 23.4 Å². The number of aliphatic hydroxyl groups is 1. The SMILES string of the molecule is CCOc1c(CC(N)=O)cc([C@@](O)(CNC(=O)c2cc(OC3CC3)c3nc(C4CC4)sc3c2)C2CC2)nc1-c1cc(F)c(F)cc1F. The molecule has 3 fully saturated rings. The zero-order chi connectivity index (χ0) is 33.0. The molecule has 2 heterocycles. The van der Waals surface area contributed by atoms with Crippen LogP contribution in [0.2, 0.25) is 0 Å². The van der Waals surface area contributed by atoms with Gasteiger partial charge in [-0.05, 0) is 75.6 Å². The summed E-state index contributed by atoms with van der Waals surface area (Å²) in [7, 11) is 0. The molecule has 9 nitrogen and oxygen atoms in total. The molecule has 0 bridgehead atoms. The summed E-state index contributed by atoms with van der Waals surface area (Å²) in [5.74, 6) is -4.40. The molecule has 47 heavy (non-hydrogen) atoms. The zero-order valence-corrected chi connectivity index (χ0v) is 26.4. The number of carbonyl (C=O) groups excluding carboxylic acids is 2. The Morgan fingerprint density at radius 2 is 1.77 bits per heavy atom. The number of nitrogens with zero attached hydrogens (tertiary/aromatic N) is 2. The van der Waals surface area contributed by atoms with Crippen LogP contribution < -0.4 is 20.5 Å². The number of hydrogen-bond acceptors (Lipinski definition) is 8. The second-order valence-corrected chi connectivity index (χ2v) is 13.6. The molecule has 0 radical (unpaired) electrons. The van der Waals surface area contributed by atoms with E-state index in [0.29, 0.717) is 42.2 Å². The van der Waals surface area contributed by atoms with Gasteiger partial charge in [0.1, 0.15) is 34.1 Å². The van der Waals surface area contributed by atoms with E-state index in [1.165, 1.54) is 6.07 Å². The molecule has 0 unspecified atom stereocenters. The summed E-state index contributed by atoms with van der Waals surface area (Å²) in [6.45, 7) is 1.45. The Kier molecular flexibility index (Phi) is 8.07. The molecular formula is C34H33F3N4O5S. The minimum absolute atomic E-state index is 0.00359. The summed E-state index contributed by atoms with van der Waals surface area (Å²) < 4.78 is 56.1. The van der Waals surface area contributed by atoms with E-state index in [1.807, 2.05) is 0 Å². The Hall–Kier alpha value is -4.23. The van der Waals surface area contributed by atoms with E-state index in [4.69, 9.17) is 20.2 Å². The van der Waals surface area contributed by atoms with Crippen LogP contribution in [0.3, 0.4) is 0 Å². The van der Waals surface area contributed by atoms with Gasteiger partial charge < -0.3 is 25.6 Å². The van der Waals surface area contributed by atoms with Gasteiger partial charge in [-0.3, -0.25) is 9.59 Å². The number of rotatable bonds is 13. The number of thiazole rings is 1. The molecule has 7 rings (SSSR count). The van der Waals surface area contributed by atoms with Crippen LogP contribution in [-0.4, -0.2) is 46.1 Å². The van der Waals surface area contributed by atoms with E-state index < -0.39 is 40.4 Å². The summed E-state index contributed by atoms with van der Waals surface area (Å²) in [4.78, 5) is 35.1. The lowest BCUT2D eigenvalue weighted by Gasteiger charge is -2.30. The maximum absolute atomic E-state index is 15.1. The van der Waals surface area contributed by atoms with Crippen molar-refractivity contribution in [2.75, 3.05) is 13.2 Å². The Balaban J connectivity index is 1.25. The van der Waals surface area contributed by atoms with E-state index in [1.54, 1.807) is 30.4 Å². The fraction of sp³-hybridized carbons (Fsp3) is 0.412. The Morgan fingerprint density at radius 1 is 1.02 bits per heavy atom. The van der Waals surface area contributed by atoms with Crippen molar-refractivity contribution in [1.29, 1.82) is 0 Å². The fourth-order valence-electron chi connectivity index (χ4n) is 5.75. The highest BCUT2D eigenvalue weighted by molar-refractivity contribution is 7.18. The summed E-state index contributed by atoms with van der Waals surface area (Å²) in [6, 6.07) is 5.92. The number of fused-ring (bicyclic) bond motifs is 1. The standard InChI is InChI=1S/C34H33F3N4O5S/c1-2-45-31-17(12-28(38)42)11-27(40-29(31)21-13-23(36)24(37)14-22(21)35)34(44,19-5-6-19)15-39-32(43)18-9-25(46-20-7-8-20)30-26(10-18)47-33(41-30)16-3-4-16/h9-11,13-14,16,19-20,44H,2-8,12,15H2,1H3,(H2,38,42)(H,39,43)/t34-/m1/s1. The van der Waals surface area contributed by atoms with Crippen molar-refractivity contribution >= 4 is 33.4 Å². The van der Waals surface area contributed by atoms with E-state index >= 15 is 4.39 Å². The second kappa shape index (κ2) is 12.1. The van der Waals surface area contributed by atoms with Gasteiger partial charge in [0.05, 0.1) is 41.1 Å². The topological polar surface area (TPSA) is 137 Å². The van der Waals surface area contributed by atoms with Crippen LogP contribution in [0.15, 0.2) is 30.3 Å². The van der Waals surface area contributed by atoms with Crippen molar-refractivity contribution in [2.45, 2.75) is 69.5 Å². The molecule has 0 aliphatic heterocycles. The van der Waals surface area contributed by atoms with Gasteiger partial charge in [0.2, 0.25) is 5.91 Å². The van der Waals surface area contributed by atoms with Gasteiger partial charge in [-0.1, -0.05) is 0 Å².